The van der Waals surface area contributed by atoms with Crippen molar-refractivity contribution in [2.24, 2.45) is 5.92 Å². The average Bonchev–Trinajstić information content (AvgIpc) is 2.26. The highest BCUT2D eigenvalue weighted by molar-refractivity contribution is 7.75. The predicted molar refractivity (Wildman–Crippen MR) is 60.6 cm³/mol. The largest absolute Gasteiger partial charge is 0.431 e. The Labute approximate surface area is 95.0 Å². The molecule has 1 unspecified atom stereocenters. The molecule has 0 aliphatic carbocycles. The van der Waals surface area contributed by atoms with Gasteiger partial charge in [-0.3, -0.25) is 4.18 Å². The smallest absolute Gasteiger partial charge is 0.340 e. The summed E-state index contributed by atoms with van der Waals surface area (Å²) in [5.74, 6) is -0.335. The van der Waals surface area contributed by atoms with E-state index in [0.29, 0.717) is 5.56 Å². The van der Waals surface area contributed by atoms with Crippen LogP contribution in [0, 0.1) is 5.92 Å². The summed E-state index contributed by atoms with van der Waals surface area (Å²) in [4.78, 5) is 11.6. The molecule has 0 fully saturated rings. The summed E-state index contributed by atoms with van der Waals surface area (Å²) in [6, 6.07) is 8.79. The summed E-state index contributed by atoms with van der Waals surface area (Å²) < 4.78 is 9.86. The van der Waals surface area contributed by atoms with Crippen LogP contribution in [0.25, 0.3) is 0 Å². The lowest BCUT2D eigenvalue weighted by atomic mass is 10.2. The first-order valence-corrected chi connectivity index (χ1v) is 5.08. The van der Waals surface area contributed by atoms with E-state index in [9.17, 15) is 4.79 Å². The number of hydrogen-bond acceptors (Lipinski definition) is 4. The van der Waals surface area contributed by atoms with Crippen LogP contribution in [0.4, 0.5) is 0 Å². The maximum atomic E-state index is 11.6. The molecule has 1 rings (SSSR count). The standard InChI is InChI=1S/C11H14O3S/c1-8(2)11(14-15)13-10(12)9-6-4-3-5-7-9/h3-8,11,15H,1-2H3. The zero-order chi connectivity index (χ0) is 11.3. The van der Waals surface area contributed by atoms with Gasteiger partial charge >= 0.3 is 5.97 Å². The highest BCUT2D eigenvalue weighted by Crippen LogP contribution is 2.12. The van der Waals surface area contributed by atoms with Gasteiger partial charge in [-0.25, -0.2) is 4.79 Å². The molecule has 15 heavy (non-hydrogen) atoms. The third-order valence-corrected chi connectivity index (χ3v) is 2.09. The van der Waals surface area contributed by atoms with E-state index in [0.717, 1.165) is 0 Å². The van der Waals surface area contributed by atoms with Gasteiger partial charge in [0.15, 0.2) is 0 Å². The number of thiol groups is 1. The zero-order valence-corrected chi connectivity index (χ0v) is 9.61. The van der Waals surface area contributed by atoms with Gasteiger partial charge in [0.1, 0.15) is 0 Å². The Morgan fingerprint density at radius 2 is 1.87 bits per heavy atom. The fourth-order valence-electron chi connectivity index (χ4n) is 1.03. The molecule has 0 aliphatic heterocycles. The van der Waals surface area contributed by atoms with Crippen LogP contribution in [0.1, 0.15) is 24.2 Å². The molecule has 1 atom stereocenters. The summed E-state index contributed by atoms with van der Waals surface area (Å²) in [5, 5.41) is 0. The second-order valence-corrected chi connectivity index (χ2v) is 3.70. The number of hydrogen-bond donors (Lipinski definition) is 1. The van der Waals surface area contributed by atoms with E-state index in [-0.39, 0.29) is 5.92 Å². The minimum atomic E-state index is -0.624. The van der Waals surface area contributed by atoms with E-state index in [1.807, 2.05) is 19.9 Å². The summed E-state index contributed by atoms with van der Waals surface area (Å²) in [5.41, 5.74) is 0.508. The van der Waals surface area contributed by atoms with Crippen LogP contribution < -0.4 is 0 Å². The monoisotopic (exact) mass is 226 g/mol. The molecular weight excluding hydrogens is 212 g/mol. The number of benzene rings is 1. The van der Waals surface area contributed by atoms with Gasteiger partial charge in [0, 0.05) is 5.92 Å². The number of ether oxygens (including phenoxy) is 1. The minimum absolute atomic E-state index is 0.0650. The summed E-state index contributed by atoms with van der Waals surface area (Å²) in [7, 11) is 0. The fraction of sp³-hybridized carbons (Fsp3) is 0.364. The Hall–Kier alpha value is -1.00. The van der Waals surface area contributed by atoms with Gasteiger partial charge in [0.05, 0.1) is 5.56 Å². The third kappa shape index (κ3) is 3.57. The first-order chi connectivity index (χ1) is 7.15. The Balaban J connectivity index is 2.63. The van der Waals surface area contributed by atoms with Crippen LogP contribution in [-0.4, -0.2) is 12.3 Å². The van der Waals surface area contributed by atoms with Crippen LogP contribution in [0.3, 0.4) is 0 Å². The molecule has 0 aromatic heterocycles. The number of esters is 1. The maximum absolute atomic E-state index is 11.6. The Morgan fingerprint density at radius 1 is 1.27 bits per heavy atom. The van der Waals surface area contributed by atoms with Gasteiger partial charge in [0.2, 0.25) is 6.29 Å². The second kappa shape index (κ2) is 5.78. The van der Waals surface area contributed by atoms with Crippen LogP contribution in [0.15, 0.2) is 30.3 Å². The highest BCUT2D eigenvalue weighted by Gasteiger charge is 2.18. The molecule has 1 aromatic carbocycles. The van der Waals surface area contributed by atoms with Crippen LogP contribution in [-0.2, 0) is 8.92 Å². The van der Waals surface area contributed by atoms with Crippen molar-refractivity contribution in [3.63, 3.8) is 0 Å². The van der Waals surface area contributed by atoms with E-state index < -0.39 is 12.3 Å². The number of carbonyl (C=O) groups excluding carboxylic acids is 1. The van der Waals surface area contributed by atoms with Gasteiger partial charge in [-0.05, 0) is 25.0 Å². The number of carbonyl (C=O) groups is 1. The zero-order valence-electron chi connectivity index (χ0n) is 8.71. The van der Waals surface area contributed by atoms with Crippen LogP contribution >= 0.6 is 12.9 Å². The Kier molecular flexibility index (Phi) is 4.65. The van der Waals surface area contributed by atoms with Gasteiger partial charge in [0.25, 0.3) is 0 Å². The lowest BCUT2D eigenvalue weighted by Crippen LogP contribution is -2.23. The van der Waals surface area contributed by atoms with E-state index in [1.54, 1.807) is 24.3 Å². The molecule has 0 spiro atoms. The highest BCUT2D eigenvalue weighted by atomic mass is 32.1. The van der Waals surface area contributed by atoms with Gasteiger partial charge in [-0.2, -0.15) is 0 Å². The predicted octanol–water partition coefficient (Wildman–Crippen LogP) is 2.69. The van der Waals surface area contributed by atoms with Crippen LogP contribution in [0.5, 0.6) is 0 Å². The van der Waals surface area contributed by atoms with Crippen molar-refractivity contribution >= 4 is 18.9 Å². The van der Waals surface area contributed by atoms with Crippen molar-refractivity contribution in [3.05, 3.63) is 35.9 Å². The SMILES string of the molecule is CC(C)C(OS)OC(=O)c1ccccc1. The molecule has 0 saturated carbocycles. The third-order valence-electron chi connectivity index (χ3n) is 1.88. The molecule has 0 bridgehead atoms. The van der Waals surface area contributed by atoms with Gasteiger partial charge in [-0.15, -0.1) is 0 Å². The average molecular weight is 226 g/mol. The summed E-state index contributed by atoms with van der Waals surface area (Å²) >= 11 is 3.66. The van der Waals surface area contributed by atoms with Crippen molar-refractivity contribution < 1.29 is 13.7 Å². The molecule has 0 aliphatic rings. The second-order valence-electron chi connectivity index (χ2n) is 3.49. The molecule has 0 N–H and O–H groups in total. The normalized spacial score (nSPS) is 12.5. The van der Waals surface area contributed by atoms with E-state index in [2.05, 4.69) is 12.9 Å². The molecule has 4 heteroatoms. The van der Waals surface area contributed by atoms with Crippen molar-refractivity contribution in [1.82, 2.24) is 0 Å². The Morgan fingerprint density at radius 3 is 2.33 bits per heavy atom. The van der Waals surface area contributed by atoms with E-state index in [4.69, 9.17) is 8.92 Å². The van der Waals surface area contributed by atoms with Crippen molar-refractivity contribution in [2.75, 3.05) is 0 Å². The minimum Gasteiger partial charge on any atom is -0.431 e. The topological polar surface area (TPSA) is 35.5 Å². The molecule has 0 amide bonds. The van der Waals surface area contributed by atoms with E-state index >= 15 is 0 Å². The van der Waals surface area contributed by atoms with Gasteiger partial charge < -0.3 is 4.74 Å². The van der Waals surface area contributed by atoms with Crippen molar-refractivity contribution in [3.8, 4) is 0 Å². The quantitative estimate of drug-likeness (QED) is 0.371. The molecule has 1 aromatic rings. The summed E-state index contributed by atoms with van der Waals surface area (Å²) in [6.45, 7) is 3.78. The van der Waals surface area contributed by atoms with Crippen LogP contribution in [0.2, 0.25) is 0 Å². The van der Waals surface area contributed by atoms with Crippen molar-refractivity contribution in [1.29, 1.82) is 0 Å². The lowest BCUT2D eigenvalue weighted by Gasteiger charge is -2.18. The molecule has 3 nitrogen and oxygen atoms in total. The molecule has 0 heterocycles. The fourth-order valence-corrected chi connectivity index (χ4v) is 1.31. The molecule has 82 valence electrons. The number of rotatable bonds is 4. The maximum Gasteiger partial charge on any atom is 0.340 e. The molecule has 0 saturated heterocycles. The first kappa shape index (κ1) is 12.1. The first-order valence-electron chi connectivity index (χ1n) is 4.71. The lowest BCUT2D eigenvalue weighted by molar-refractivity contribution is -0.0616. The van der Waals surface area contributed by atoms with Gasteiger partial charge in [-0.1, -0.05) is 32.0 Å². The Bertz CT molecular complexity index is 311. The van der Waals surface area contributed by atoms with Crippen molar-refractivity contribution in [2.45, 2.75) is 20.1 Å². The molecule has 0 radical (unpaired) electrons. The van der Waals surface area contributed by atoms with E-state index in [1.165, 1.54) is 0 Å². The summed E-state index contributed by atoms with van der Waals surface area (Å²) in [6.07, 6.45) is -0.624. The molecular formula is C11H14O3S.